The Morgan fingerprint density at radius 2 is 2.20 bits per heavy atom. The van der Waals surface area contributed by atoms with Gasteiger partial charge in [0.1, 0.15) is 6.61 Å². The number of carboxylic acid groups (broad SMARTS) is 1. The number of hydrogen-bond acceptors (Lipinski definition) is 4. The largest absolute Gasteiger partial charge is 0.479 e. The van der Waals surface area contributed by atoms with E-state index in [1.807, 2.05) is 0 Å². The number of rotatable bonds is 1. The Morgan fingerprint density at radius 3 is 2.40 bits per heavy atom. The van der Waals surface area contributed by atoms with Gasteiger partial charge in [0.15, 0.2) is 11.9 Å². The van der Waals surface area contributed by atoms with Crippen LogP contribution in [0.2, 0.25) is 0 Å². The van der Waals surface area contributed by atoms with Gasteiger partial charge in [-0.2, -0.15) is 0 Å². The van der Waals surface area contributed by atoms with Crippen LogP contribution in [0.1, 0.15) is 6.42 Å². The molecule has 5 nitrogen and oxygen atoms in total. The van der Waals surface area contributed by atoms with Crippen LogP contribution in [-0.2, 0) is 9.53 Å². The van der Waals surface area contributed by atoms with E-state index in [0.29, 0.717) is 0 Å². The normalized spacial score (nSPS) is 30.4. The Morgan fingerprint density at radius 1 is 1.60 bits per heavy atom. The summed E-state index contributed by atoms with van der Waals surface area (Å²) < 4.78 is 4.53. The molecule has 1 aliphatic rings. The zero-order valence-electron chi connectivity index (χ0n) is 5.15. The summed E-state index contributed by atoms with van der Waals surface area (Å²) in [4.78, 5) is 10.1. The highest BCUT2D eigenvalue weighted by atomic mass is 16.6. The topological polar surface area (TPSA) is 87.0 Å². The van der Waals surface area contributed by atoms with Crippen molar-refractivity contribution in [2.75, 3.05) is 6.61 Å². The highest BCUT2D eigenvalue weighted by molar-refractivity contribution is 5.72. The van der Waals surface area contributed by atoms with Crippen LogP contribution < -0.4 is 0 Å². The van der Waals surface area contributed by atoms with Crippen LogP contribution in [0.5, 0.6) is 0 Å². The monoisotopic (exact) mass is 148 g/mol. The lowest BCUT2D eigenvalue weighted by molar-refractivity contribution is -0.156. The molecule has 0 aromatic carbocycles. The van der Waals surface area contributed by atoms with Crippen molar-refractivity contribution in [3.05, 3.63) is 0 Å². The van der Waals surface area contributed by atoms with Gasteiger partial charge in [-0.25, -0.2) is 4.79 Å². The average Bonchev–Trinajstić information content (AvgIpc) is 2.10. The Hall–Kier alpha value is -0.650. The summed E-state index contributed by atoms with van der Waals surface area (Å²) in [5, 5.41) is 25.9. The van der Waals surface area contributed by atoms with E-state index >= 15 is 0 Å². The summed E-state index contributed by atoms with van der Waals surface area (Å²) in [5.41, 5.74) is 0. The zero-order valence-corrected chi connectivity index (χ0v) is 5.15. The molecule has 58 valence electrons. The average molecular weight is 148 g/mol. The molecule has 0 aliphatic carbocycles. The van der Waals surface area contributed by atoms with E-state index in [2.05, 4.69) is 4.74 Å². The van der Waals surface area contributed by atoms with Crippen molar-refractivity contribution in [1.29, 1.82) is 0 Å². The summed E-state index contributed by atoms with van der Waals surface area (Å²) >= 11 is 0. The van der Waals surface area contributed by atoms with E-state index in [1.54, 1.807) is 0 Å². The third-order valence-corrected chi connectivity index (χ3v) is 1.30. The van der Waals surface area contributed by atoms with Crippen molar-refractivity contribution in [1.82, 2.24) is 0 Å². The fourth-order valence-electron chi connectivity index (χ4n) is 0.807. The van der Waals surface area contributed by atoms with Gasteiger partial charge in [0.05, 0.1) is 0 Å². The minimum Gasteiger partial charge on any atom is -0.479 e. The second-order valence-electron chi connectivity index (χ2n) is 2.32. The lowest BCUT2D eigenvalue weighted by atomic mass is 10.2. The smallest absolute Gasteiger partial charge is 0.333 e. The predicted octanol–water partition coefficient (Wildman–Crippen LogP) is -1.46. The van der Waals surface area contributed by atoms with Gasteiger partial charge < -0.3 is 20.1 Å². The standard InChI is InChI=1S/C5H8O5/c6-4(7)3-1-5(8,9)2-10-3/h3,8-9H,1-2H2,(H,6,7). The van der Waals surface area contributed by atoms with Crippen LogP contribution >= 0.6 is 0 Å². The number of carboxylic acids is 1. The lowest BCUT2D eigenvalue weighted by Crippen LogP contribution is -2.29. The molecule has 1 unspecified atom stereocenters. The minimum atomic E-state index is -1.96. The first-order valence-electron chi connectivity index (χ1n) is 2.80. The molecule has 0 aromatic rings. The van der Waals surface area contributed by atoms with Crippen LogP contribution in [0.3, 0.4) is 0 Å². The first kappa shape index (κ1) is 7.46. The van der Waals surface area contributed by atoms with Crippen molar-refractivity contribution in [2.24, 2.45) is 0 Å². The second kappa shape index (κ2) is 2.19. The van der Waals surface area contributed by atoms with Crippen molar-refractivity contribution in [3.8, 4) is 0 Å². The number of ether oxygens (including phenoxy) is 1. The fraction of sp³-hybridized carbons (Fsp3) is 0.800. The van der Waals surface area contributed by atoms with E-state index in [-0.39, 0.29) is 13.0 Å². The first-order valence-corrected chi connectivity index (χ1v) is 2.80. The van der Waals surface area contributed by atoms with Gasteiger partial charge in [0, 0.05) is 6.42 Å². The molecule has 0 amide bonds. The molecule has 0 saturated carbocycles. The van der Waals surface area contributed by atoms with Gasteiger partial charge in [-0.3, -0.25) is 0 Å². The third-order valence-electron chi connectivity index (χ3n) is 1.30. The Kier molecular flexibility index (Phi) is 1.63. The quantitative estimate of drug-likeness (QED) is 0.395. The number of hydrogen-bond donors (Lipinski definition) is 3. The fourth-order valence-corrected chi connectivity index (χ4v) is 0.807. The number of carbonyl (C=O) groups is 1. The first-order chi connectivity index (χ1) is 4.51. The minimum absolute atomic E-state index is 0.262. The molecule has 1 rings (SSSR count). The molecule has 0 aromatic heterocycles. The second-order valence-corrected chi connectivity index (χ2v) is 2.32. The lowest BCUT2D eigenvalue weighted by Gasteiger charge is -2.09. The molecule has 1 fully saturated rings. The van der Waals surface area contributed by atoms with E-state index in [4.69, 9.17) is 15.3 Å². The molecule has 0 bridgehead atoms. The Balaban J connectivity index is 2.51. The molecule has 3 N–H and O–H groups in total. The summed E-state index contributed by atoms with van der Waals surface area (Å²) in [6.07, 6.45) is -1.34. The molecule has 0 spiro atoms. The van der Waals surface area contributed by atoms with E-state index < -0.39 is 17.9 Å². The zero-order chi connectivity index (χ0) is 7.78. The van der Waals surface area contributed by atoms with Crippen LogP contribution in [0.15, 0.2) is 0 Å². The van der Waals surface area contributed by atoms with E-state index in [9.17, 15) is 4.79 Å². The molecule has 1 aliphatic heterocycles. The van der Waals surface area contributed by atoms with Gasteiger partial charge >= 0.3 is 5.97 Å². The maximum Gasteiger partial charge on any atom is 0.333 e. The highest BCUT2D eigenvalue weighted by Crippen LogP contribution is 2.20. The van der Waals surface area contributed by atoms with Crippen molar-refractivity contribution < 1.29 is 24.9 Å². The van der Waals surface area contributed by atoms with Gasteiger partial charge in [0.25, 0.3) is 0 Å². The van der Waals surface area contributed by atoms with Crippen molar-refractivity contribution >= 4 is 5.97 Å². The molecule has 0 radical (unpaired) electrons. The summed E-state index contributed by atoms with van der Waals surface area (Å²) in [6.45, 7) is -0.329. The van der Waals surface area contributed by atoms with Gasteiger partial charge in [-0.05, 0) is 0 Å². The molecule has 1 atom stereocenters. The van der Waals surface area contributed by atoms with Crippen LogP contribution in [0, 0.1) is 0 Å². The summed E-state index contributed by atoms with van der Waals surface area (Å²) in [5.74, 6) is -3.12. The third kappa shape index (κ3) is 1.44. The maximum absolute atomic E-state index is 10.1. The van der Waals surface area contributed by atoms with Gasteiger partial charge in [-0.15, -0.1) is 0 Å². The maximum atomic E-state index is 10.1. The SMILES string of the molecule is O=C(O)C1CC(O)(O)CO1. The summed E-state index contributed by atoms with van der Waals surface area (Å²) in [7, 11) is 0. The molecule has 5 heteroatoms. The Bertz CT molecular complexity index is 152. The van der Waals surface area contributed by atoms with Crippen molar-refractivity contribution in [2.45, 2.75) is 18.3 Å². The van der Waals surface area contributed by atoms with Crippen LogP contribution in [-0.4, -0.2) is 39.8 Å². The van der Waals surface area contributed by atoms with Crippen LogP contribution in [0.4, 0.5) is 0 Å². The van der Waals surface area contributed by atoms with E-state index in [1.165, 1.54) is 0 Å². The summed E-state index contributed by atoms with van der Waals surface area (Å²) in [6, 6.07) is 0. The molecule has 1 saturated heterocycles. The predicted molar refractivity (Wildman–Crippen MR) is 29.2 cm³/mol. The highest BCUT2D eigenvalue weighted by Gasteiger charge is 2.39. The molecule has 10 heavy (non-hydrogen) atoms. The van der Waals surface area contributed by atoms with Crippen molar-refractivity contribution in [3.63, 3.8) is 0 Å². The molecular weight excluding hydrogens is 140 g/mol. The number of aliphatic carboxylic acids is 1. The van der Waals surface area contributed by atoms with Crippen LogP contribution in [0.25, 0.3) is 0 Å². The van der Waals surface area contributed by atoms with Gasteiger partial charge in [0.2, 0.25) is 0 Å². The molecular formula is C5H8O5. The molecule has 1 heterocycles. The number of aliphatic hydroxyl groups is 2. The van der Waals surface area contributed by atoms with Gasteiger partial charge in [-0.1, -0.05) is 0 Å². The van der Waals surface area contributed by atoms with E-state index in [0.717, 1.165) is 0 Å². The Labute approximate surface area is 56.9 Å².